The predicted molar refractivity (Wildman–Crippen MR) is 63.7 cm³/mol. The molecule has 3 unspecified atom stereocenters. The van der Waals surface area contributed by atoms with Crippen LogP contribution in [0, 0.1) is 11.8 Å². The summed E-state index contributed by atoms with van der Waals surface area (Å²) >= 11 is 0. The molecule has 1 heterocycles. The maximum Gasteiger partial charge on any atom is 0.111 e. The Hall–Kier alpha value is -0.560. The van der Waals surface area contributed by atoms with Gasteiger partial charge in [-0.25, -0.2) is 0 Å². The van der Waals surface area contributed by atoms with Gasteiger partial charge in [-0.1, -0.05) is 26.0 Å². The average Bonchev–Trinajstić information content (AvgIpc) is 2.48. The molecule has 0 amide bonds. The van der Waals surface area contributed by atoms with Crippen molar-refractivity contribution < 1.29 is 4.74 Å². The fourth-order valence-corrected chi connectivity index (χ4v) is 2.79. The van der Waals surface area contributed by atoms with Gasteiger partial charge in [0.25, 0.3) is 0 Å². The first kappa shape index (κ1) is 10.9. The third-order valence-corrected chi connectivity index (χ3v) is 4.11. The van der Waals surface area contributed by atoms with E-state index < -0.39 is 0 Å². The maximum absolute atomic E-state index is 6.29. The van der Waals surface area contributed by atoms with Crippen LogP contribution in [0.5, 0.6) is 0 Å². The molecule has 1 aliphatic heterocycles. The third kappa shape index (κ3) is 1.57. The summed E-state index contributed by atoms with van der Waals surface area (Å²) in [5, 5.41) is 0. The lowest BCUT2D eigenvalue weighted by molar-refractivity contribution is -0.0897. The molecule has 3 atom stereocenters. The summed E-state index contributed by atoms with van der Waals surface area (Å²) in [6.07, 6.45) is 8.01. The summed E-state index contributed by atoms with van der Waals surface area (Å²) in [6.45, 7) is 11.1. The monoisotopic (exact) mass is 206 g/mol. The van der Waals surface area contributed by atoms with E-state index in [1.165, 1.54) is 12.0 Å². The van der Waals surface area contributed by atoms with Crippen LogP contribution in [0.25, 0.3) is 0 Å². The van der Waals surface area contributed by atoms with E-state index in [9.17, 15) is 0 Å². The number of hydrogen-bond acceptors (Lipinski definition) is 1. The number of allylic oxidation sites excluding steroid dienone is 1. The molecule has 0 aromatic carbocycles. The van der Waals surface area contributed by atoms with Crippen molar-refractivity contribution >= 4 is 0 Å². The van der Waals surface area contributed by atoms with Gasteiger partial charge in [-0.15, -0.1) is 0 Å². The van der Waals surface area contributed by atoms with Crippen molar-refractivity contribution in [2.75, 3.05) is 0 Å². The molecule has 0 bridgehead atoms. The summed E-state index contributed by atoms with van der Waals surface area (Å²) < 4.78 is 6.29. The Morgan fingerprint density at radius 2 is 1.93 bits per heavy atom. The van der Waals surface area contributed by atoms with E-state index in [0.29, 0.717) is 11.8 Å². The second-order valence-electron chi connectivity index (χ2n) is 5.72. The largest absolute Gasteiger partial charge is 0.356 e. The van der Waals surface area contributed by atoms with Crippen LogP contribution in [0.4, 0.5) is 0 Å². The van der Waals surface area contributed by atoms with E-state index in [2.05, 4.69) is 52.8 Å². The van der Waals surface area contributed by atoms with Crippen LogP contribution < -0.4 is 0 Å². The minimum atomic E-state index is -0.124. The smallest absolute Gasteiger partial charge is 0.111 e. The van der Waals surface area contributed by atoms with Crippen LogP contribution in [0.2, 0.25) is 0 Å². The van der Waals surface area contributed by atoms with E-state index >= 15 is 0 Å². The first-order valence-electron chi connectivity index (χ1n) is 5.95. The Morgan fingerprint density at radius 3 is 2.47 bits per heavy atom. The molecule has 0 aromatic rings. The van der Waals surface area contributed by atoms with Crippen molar-refractivity contribution in [3.8, 4) is 0 Å². The Labute approximate surface area is 93.2 Å². The molecule has 1 nitrogen and oxygen atoms in total. The normalized spacial score (nSPS) is 43.4. The molecule has 0 saturated heterocycles. The fraction of sp³-hybridized carbons (Fsp3) is 0.714. The van der Waals surface area contributed by atoms with Crippen molar-refractivity contribution in [1.82, 2.24) is 0 Å². The van der Waals surface area contributed by atoms with E-state index in [1.807, 2.05) is 0 Å². The van der Waals surface area contributed by atoms with Crippen molar-refractivity contribution in [2.24, 2.45) is 11.8 Å². The maximum atomic E-state index is 6.29. The molecule has 0 aromatic heterocycles. The van der Waals surface area contributed by atoms with E-state index in [1.54, 1.807) is 0 Å². The van der Waals surface area contributed by atoms with Gasteiger partial charge in [0, 0.05) is 0 Å². The highest BCUT2D eigenvalue weighted by Gasteiger charge is 2.47. The van der Waals surface area contributed by atoms with Gasteiger partial charge in [-0.05, 0) is 50.7 Å². The van der Waals surface area contributed by atoms with Gasteiger partial charge in [-0.2, -0.15) is 0 Å². The minimum Gasteiger partial charge on any atom is -0.356 e. The summed E-state index contributed by atoms with van der Waals surface area (Å²) in [7, 11) is 0. The summed E-state index contributed by atoms with van der Waals surface area (Å²) in [5.41, 5.74) is 1.15. The summed E-state index contributed by atoms with van der Waals surface area (Å²) in [4.78, 5) is 0. The number of rotatable bonds is 0. The zero-order valence-corrected chi connectivity index (χ0v) is 10.5. The van der Waals surface area contributed by atoms with Gasteiger partial charge in [-0.3, -0.25) is 0 Å². The Kier molecular flexibility index (Phi) is 2.34. The molecule has 0 fully saturated rings. The highest BCUT2D eigenvalue weighted by atomic mass is 16.5. The highest BCUT2D eigenvalue weighted by Crippen LogP contribution is 2.47. The molecular weight excluding hydrogens is 184 g/mol. The molecule has 1 spiro atoms. The lowest BCUT2D eigenvalue weighted by Gasteiger charge is -2.43. The Balaban J connectivity index is 2.39. The summed E-state index contributed by atoms with van der Waals surface area (Å²) in [6, 6.07) is 0. The van der Waals surface area contributed by atoms with Gasteiger partial charge >= 0.3 is 0 Å². The van der Waals surface area contributed by atoms with Crippen LogP contribution in [-0.2, 0) is 4.74 Å². The van der Waals surface area contributed by atoms with E-state index in [0.717, 1.165) is 0 Å². The molecule has 1 aliphatic carbocycles. The van der Waals surface area contributed by atoms with Gasteiger partial charge in [0.2, 0.25) is 0 Å². The standard InChI is InChI=1S/C14H22O/c1-10-6-7-11(2)14(12(10)3)9-8-13(4,5)15-14/h7-10,12H,6H2,1-5H3. The summed E-state index contributed by atoms with van der Waals surface area (Å²) in [5.74, 6) is 1.27. The Bertz CT molecular complexity index is 324. The molecule has 2 rings (SSSR count). The first-order valence-corrected chi connectivity index (χ1v) is 5.95. The molecule has 15 heavy (non-hydrogen) atoms. The topological polar surface area (TPSA) is 9.23 Å². The highest BCUT2D eigenvalue weighted by molar-refractivity contribution is 5.33. The zero-order chi connectivity index (χ0) is 11.3. The van der Waals surface area contributed by atoms with E-state index in [-0.39, 0.29) is 11.2 Å². The van der Waals surface area contributed by atoms with Gasteiger partial charge in [0.15, 0.2) is 0 Å². The van der Waals surface area contributed by atoms with E-state index in [4.69, 9.17) is 4.74 Å². The molecule has 0 radical (unpaired) electrons. The lowest BCUT2D eigenvalue weighted by Crippen LogP contribution is -2.45. The third-order valence-electron chi connectivity index (χ3n) is 4.11. The minimum absolute atomic E-state index is 0.111. The van der Waals surface area contributed by atoms with Crippen molar-refractivity contribution in [1.29, 1.82) is 0 Å². The molecular formula is C14H22O. The fourth-order valence-electron chi connectivity index (χ4n) is 2.79. The number of hydrogen-bond donors (Lipinski definition) is 0. The second-order valence-corrected chi connectivity index (χ2v) is 5.72. The van der Waals surface area contributed by atoms with Gasteiger partial charge < -0.3 is 4.74 Å². The van der Waals surface area contributed by atoms with Crippen LogP contribution in [-0.4, -0.2) is 11.2 Å². The van der Waals surface area contributed by atoms with Crippen LogP contribution in [0.15, 0.2) is 23.8 Å². The van der Waals surface area contributed by atoms with Crippen LogP contribution in [0.1, 0.15) is 41.0 Å². The van der Waals surface area contributed by atoms with Crippen molar-refractivity contribution in [3.63, 3.8) is 0 Å². The number of ether oxygens (including phenoxy) is 1. The van der Waals surface area contributed by atoms with Crippen LogP contribution in [0.3, 0.4) is 0 Å². The zero-order valence-electron chi connectivity index (χ0n) is 10.5. The van der Waals surface area contributed by atoms with Gasteiger partial charge in [0.05, 0.1) is 5.60 Å². The quantitative estimate of drug-likeness (QED) is 0.549. The average molecular weight is 206 g/mol. The predicted octanol–water partition coefficient (Wildman–Crippen LogP) is 3.71. The lowest BCUT2D eigenvalue weighted by atomic mass is 9.71. The molecule has 0 N–H and O–H groups in total. The molecule has 0 saturated carbocycles. The molecule has 84 valence electrons. The second kappa shape index (κ2) is 3.21. The van der Waals surface area contributed by atoms with Crippen molar-refractivity contribution in [3.05, 3.63) is 23.8 Å². The van der Waals surface area contributed by atoms with Crippen molar-refractivity contribution in [2.45, 2.75) is 52.2 Å². The molecule has 1 heteroatoms. The van der Waals surface area contributed by atoms with Crippen LogP contribution >= 0.6 is 0 Å². The first-order chi connectivity index (χ1) is 6.87. The van der Waals surface area contributed by atoms with Gasteiger partial charge in [0.1, 0.15) is 5.60 Å². The Morgan fingerprint density at radius 1 is 1.27 bits per heavy atom. The SMILES string of the molecule is CC1=CCC(C)C(C)C12C=CC(C)(C)O2. The molecule has 2 aliphatic rings.